The lowest BCUT2D eigenvalue weighted by Gasteiger charge is -2.14. The van der Waals surface area contributed by atoms with Crippen LogP contribution in [0.2, 0.25) is 15.1 Å². The van der Waals surface area contributed by atoms with Gasteiger partial charge >= 0.3 is 5.97 Å². The number of halogens is 3. The summed E-state index contributed by atoms with van der Waals surface area (Å²) in [6.45, 7) is 0.0177. The van der Waals surface area contributed by atoms with E-state index in [2.05, 4.69) is 0 Å². The van der Waals surface area contributed by atoms with Gasteiger partial charge in [0.15, 0.2) is 11.5 Å². The highest BCUT2D eigenvalue weighted by molar-refractivity contribution is 8.18. The van der Waals surface area contributed by atoms with Crippen LogP contribution in [0, 0.1) is 0 Å². The van der Waals surface area contributed by atoms with Crippen molar-refractivity contribution < 1.29 is 28.6 Å². The molecular weight excluding hydrogens is 549 g/mol. The van der Waals surface area contributed by atoms with Gasteiger partial charge in [-0.05, 0) is 59.8 Å². The normalized spacial score (nSPS) is 15.6. The molecule has 1 saturated heterocycles. The number of nitrogens with zero attached hydrogens (tertiary/aromatic N) is 1. The number of hydrogen-bond donors (Lipinski definition) is 0. The number of benzene rings is 3. The Bertz CT molecular complexity index is 1460. The van der Waals surface area contributed by atoms with Gasteiger partial charge in [0.2, 0.25) is 6.79 Å². The van der Waals surface area contributed by atoms with Crippen LogP contribution in [-0.4, -0.2) is 28.8 Å². The van der Waals surface area contributed by atoms with Crippen LogP contribution in [0.25, 0.3) is 6.08 Å². The number of carbonyl (C=O) groups is 3. The van der Waals surface area contributed by atoms with Gasteiger partial charge in [0.05, 0.1) is 22.0 Å². The molecule has 3 aromatic rings. The summed E-state index contributed by atoms with van der Waals surface area (Å²) >= 11 is 19.3. The molecule has 2 amide bonds. The van der Waals surface area contributed by atoms with Crippen LogP contribution in [0.4, 0.5) is 4.79 Å². The van der Waals surface area contributed by atoms with E-state index in [9.17, 15) is 14.4 Å². The number of rotatable bonds is 5. The summed E-state index contributed by atoms with van der Waals surface area (Å²) in [7, 11) is 0. The van der Waals surface area contributed by atoms with Gasteiger partial charge in [0, 0.05) is 21.7 Å². The molecule has 2 heterocycles. The van der Waals surface area contributed by atoms with Crippen LogP contribution < -0.4 is 14.2 Å². The third kappa shape index (κ3) is 4.90. The maximum absolute atomic E-state index is 13.1. The van der Waals surface area contributed by atoms with Crippen LogP contribution in [0.15, 0.2) is 59.5 Å². The fraction of sp³-hybridized carbons (Fsp3) is 0.0800. The van der Waals surface area contributed by atoms with Crippen molar-refractivity contribution in [1.29, 1.82) is 0 Å². The second-order valence-corrected chi connectivity index (χ2v) is 9.86. The van der Waals surface area contributed by atoms with Crippen molar-refractivity contribution in [3.05, 3.63) is 91.3 Å². The lowest BCUT2D eigenvalue weighted by atomic mass is 10.1. The number of amides is 2. The number of hydrogen-bond acceptors (Lipinski definition) is 7. The van der Waals surface area contributed by atoms with Gasteiger partial charge in [0.25, 0.3) is 11.1 Å². The third-order valence-electron chi connectivity index (χ3n) is 5.30. The van der Waals surface area contributed by atoms with Crippen LogP contribution in [0.5, 0.6) is 17.2 Å². The molecule has 3 aromatic carbocycles. The molecule has 0 aromatic heterocycles. The quantitative estimate of drug-likeness (QED) is 0.191. The van der Waals surface area contributed by atoms with Crippen molar-refractivity contribution in [2.24, 2.45) is 0 Å². The van der Waals surface area contributed by atoms with Crippen molar-refractivity contribution in [3.8, 4) is 17.2 Å². The van der Waals surface area contributed by atoms with Crippen molar-refractivity contribution in [3.63, 3.8) is 0 Å². The van der Waals surface area contributed by atoms with Crippen LogP contribution >= 0.6 is 46.6 Å². The average Bonchev–Trinajstić information content (AvgIpc) is 3.40. The topological polar surface area (TPSA) is 82.1 Å². The molecule has 0 aliphatic carbocycles. The van der Waals surface area contributed by atoms with Crippen molar-refractivity contribution in [2.45, 2.75) is 6.54 Å². The molecule has 0 atom stereocenters. The van der Waals surface area contributed by atoms with E-state index < -0.39 is 17.1 Å². The molecule has 0 unspecified atom stereocenters. The van der Waals surface area contributed by atoms with Gasteiger partial charge in [0.1, 0.15) is 5.75 Å². The van der Waals surface area contributed by atoms with E-state index in [1.165, 1.54) is 24.3 Å². The van der Waals surface area contributed by atoms with Gasteiger partial charge in [-0.2, -0.15) is 0 Å². The summed E-state index contributed by atoms with van der Waals surface area (Å²) in [5, 5.41) is 0.453. The van der Waals surface area contributed by atoms with Gasteiger partial charge in [-0.25, -0.2) is 4.79 Å². The Kier molecular flexibility index (Phi) is 6.85. The predicted octanol–water partition coefficient (Wildman–Crippen LogP) is 6.83. The van der Waals surface area contributed by atoms with E-state index in [0.717, 1.165) is 16.7 Å². The van der Waals surface area contributed by atoms with Crippen molar-refractivity contribution in [1.82, 2.24) is 4.90 Å². The second kappa shape index (κ2) is 10.1. The lowest BCUT2D eigenvalue weighted by molar-refractivity contribution is -0.123. The molecule has 7 nitrogen and oxygen atoms in total. The number of carbonyl (C=O) groups excluding carboxylic acids is 3. The fourth-order valence-electron chi connectivity index (χ4n) is 3.53. The Morgan fingerprint density at radius 2 is 1.75 bits per heavy atom. The summed E-state index contributed by atoms with van der Waals surface area (Å²) in [6.07, 6.45) is 1.45. The summed E-state index contributed by atoms with van der Waals surface area (Å²) in [4.78, 5) is 39.7. The molecule has 182 valence electrons. The highest BCUT2D eigenvalue weighted by Crippen LogP contribution is 2.40. The minimum absolute atomic E-state index is 0.0542. The van der Waals surface area contributed by atoms with E-state index in [-0.39, 0.29) is 34.6 Å². The second-order valence-electron chi connectivity index (χ2n) is 7.62. The van der Waals surface area contributed by atoms with E-state index in [1.807, 2.05) is 0 Å². The Labute approximate surface area is 224 Å². The van der Waals surface area contributed by atoms with E-state index in [1.54, 1.807) is 36.4 Å². The highest BCUT2D eigenvalue weighted by Gasteiger charge is 2.36. The standard InChI is InChI=1S/C25H14Cl3NO6S/c26-15-5-6-19(35-24(31)16-3-1-2-4-17(16)27)13(7-15)9-22-23(30)29(25(32)36-22)11-14-8-20-21(10-18(14)28)34-12-33-20/h1-10H,11-12H2/b22-9-. The molecule has 5 rings (SSSR count). The van der Waals surface area contributed by atoms with E-state index in [4.69, 9.17) is 49.0 Å². The summed E-state index contributed by atoms with van der Waals surface area (Å²) < 4.78 is 16.2. The molecule has 11 heteroatoms. The fourth-order valence-corrected chi connectivity index (χ4v) is 4.97. The average molecular weight is 563 g/mol. The zero-order chi connectivity index (χ0) is 25.4. The van der Waals surface area contributed by atoms with Gasteiger partial charge in [-0.3, -0.25) is 14.5 Å². The summed E-state index contributed by atoms with van der Waals surface area (Å²) in [6, 6.07) is 14.3. The number of fused-ring (bicyclic) bond motifs is 1. The highest BCUT2D eigenvalue weighted by atomic mass is 35.5. The molecule has 2 aliphatic rings. The first-order chi connectivity index (χ1) is 17.3. The third-order valence-corrected chi connectivity index (χ3v) is 7.12. The lowest BCUT2D eigenvalue weighted by Crippen LogP contribution is -2.27. The smallest absolute Gasteiger partial charge is 0.345 e. The molecule has 0 radical (unpaired) electrons. The Hall–Kier alpha value is -3.17. The molecule has 1 fully saturated rings. The van der Waals surface area contributed by atoms with Crippen LogP contribution in [-0.2, 0) is 11.3 Å². The molecular formula is C25H14Cl3NO6S. The van der Waals surface area contributed by atoms with Crippen LogP contribution in [0.3, 0.4) is 0 Å². The Balaban J connectivity index is 1.40. The molecule has 0 saturated carbocycles. The Morgan fingerprint density at radius 3 is 2.53 bits per heavy atom. The molecule has 0 spiro atoms. The van der Waals surface area contributed by atoms with Crippen molar-refractivity contribution >= 4 is 69.8 Å². The van der Waals surface area contributed by atoms with Crippen LogP contribution in [0.1, 0.15) is 21.5 Å². The summed E-state index contributed by atoms with van der Waals surface area (Å²) in [5.41, 5.74) is 1.05. The van der Waals surface area contributed by atoms with E-state index >= 15 is 0 Å². The molecule has 0 N–H and O–H groups in total. The van der Waals surface area contributed by atoms with Gasteiger partial charge < -0.3 is 14.2 Å². The largest absolute Gasteiger partial charge is 0.454 e. The maximum Gasteiger partial charge on any atom is 0.345 e. The number of thioether (sulfide) groups is 1. The first-order valence-electron chi connectivity index (χ1n) is 10.4. The molecule has 2 aliphatic heterocycles. The zero-order valence-electron chi connectivity index (χ0n) is 18.1. The first kappa shape index (κ1) is 24.5. The minimum Gasteiger partial charge on any atom is -0.454 e. The monoisotopic (exact) mass is 561 g/mol. The number of esters is 1. The summed E-state index contributed by atoms with van der Waals surface area (Å²) in [5.74, 6) is -0.0708. The maximum atomic E-state index is 13.1. The SMILES string of the molecule is O=C(Oc1ccc(Cl)cc1/C=C1\SC(=O)N(Cc2cc3c(cc2Cl)OCO3)C1=O)c1ccccc1Cl. The molecule has 0 bridgehead atoms. The first-order valence-corrected chi connectivity index (χ1v) is 12.3. The van der Waals surface area contributed by atoms with E-state index in [0.29, 0.717) is 32.7 Å². The van der Waals surface area contributed by atoms with Gasteiger partial charge in [-0.15, -0.1) is 0 Å². The Morgan fingerprint density at radius 1 is 1.00 bits per heavy atom. The van der Waals surface area contributed by atoms with Gasteiger partial charge in [-0.1, -0.05) is 46.9 Å². The minimum atomic E-state index is -0.678. The number of ether oxygens (including phenoxy) is 3. The predicted molar refractivity (Wildman–Crippen MR) is 137 cm³/mol. The van der Waals surface area contributed by atoms with Crippen molar-refractivity contribution in [2.75, 3.05) is 6.79 Å². The number of imide groups is 1. The zero-order valence-corrected chi connectivity index (χ0v) is 21.2. The molecule has 36 heavy (non-hydrogen) atoms.